The molecule has 1 aromatic heterocycles. The zero-order valence-electron chi connectivity index (χ0n) is 17.4. The van der Waals surface area contributed by atoms with Gasteiger partial charge in [-0.05, 0) is 72.8 Å². The normalized spacial score (nSPS) is 34.3. The Bertz CT molecular complexity index is 909. The van der Waals surface area contributed by atoms with Crippen LogP contribution in [0.2, 0.25) is 0 Å². The lowest BCUT2D eigenvalue weighted by molar-refractivity contribution is -0.164. The Balaban J connectivity index is 1.44. The molecule has 0 aliphatic heterocycles. The van der Waals surface area contributed by atoms with Gasteiger partial charge in [0.25, 0.3) is 0 Å². The van der Waals surface area contributed by atoms with Crippen LogP contribution in [0.15, 0.2) is 58.7 Å². The Morgan fingerprint density at radius 1 is 1.14 bits per heavy atom. The minimum atomic E-state index is -0.173. The van der Waals surface area contributed by atoms with Gasteiger partial charge in [0.2, 0.25) is 0 Å². The van der Waals surface area contributed by atoms with E-state index in [0.717, 1.165) is 37.0 Å². The number of hydrogen-bond acceptors (Lipinski definition) is 3. The number of ketones is 1. The summed E-state index contributed by atoms with van der Waals surface area (Å²) in [6, 6.07) is 14.2. The number of fused-ring (bicyclic) bond motifs is 1. The number of carbonyl (C=O) groups excluding carboxylic acids is 1. The first-order chi connectivity index (χ1) is 14.0. The molecule has 4 atom stereocenters. The molecule has 1 aromatic carbocycles. The number of allylic oxidation sites excluding steroid dienone is 1. The number of Topliss-reactive ketones (excluding diaryl/α,β-unsaturated/α-hetero) is 1. The molecule has 2 bridgehead atoms. The molecule has 0 N–H and O–H groups in total. The topological polar surface area (TPSA) is 39.4 Å². The predicted octanol–water partition coefficient (Wildman–Crippen LogP) is 6.05. The van der Waals surface area contributed by atoms with Crippen LogP contribution in [0.5, 0.6) is 0 Å². The average molecular weight is 391 g/mol. The standard InChI is InChI=1S/C26H30O3/c1-25(2)23-22(27)19(15-21-9-6-14-28-21)10-12-26(23)13-11-20(16-26)24(25)29-17-18-7-4-3-5-8-18/h3-9,14-15,20,23-24H,10-13,16-17H2,1-2H3/b19-15+/t20-,23-,24?,26+/m0/s1. The van der Waals surface area contributed by atoms with Gasteiger partial charge in [-0.3, -0.25) is 4.79 Å². The summed E-state index contributed by atoms with van der Waals surface area (Å²) in [5, 5.41) is 0. The van der Waals surface area contributed by atoms with Crippen molar-refractivity contribution in [3.63, 3.8) is 0 Å². The number of rotatable bonds is 4. The van der Waals surface area contributed by atoms with Gasteiger partial charge in [-0.25, -0.2) is 0 Å². The second kappa shape index (κ2) is 6.98. The third-order valence-electron chi connectivity index (χ3n) is 7.80. The molecule has 152 valence electrons. The molecule has 3 saturated carbocycles. The van der Waals surface area contributed by atoms with Crippen LogP contribution in [-0.4, -0.2) is 11.9 Å². The number of carbonyl (C=O) groups is 1. The Morgan fingerprint density at radius 2 is 1.97 bits per heavy atom. The smallest absolute Gasteiger partial charge is 0.163 e. The van der Waals surface area contributed by atoms with E-state index in [4.69, 9.17) is 9.15 Å². The van der Waals surface area contributed by atoms with Gasteiger partial charge >= 0.3 is 0 Å². The summed E-state index contributed by atoms with van der Waals surface area (Å²) in [5.41, 5.74) is 2.12. The molecule has 1 unspecified atom stereocenters. The third kappa shape index (κ3) is 3.11. The molecule has 0 amide bonds. The van der Waals surface area contributed by atoms with Crippen LogP contribution in [0.3, 0.4) is 0 Å². The SMILES string of the molecule is CC1(C)C(OCc2ccccc2)[C@H]2CC[C@]3(CC/C(=C\c4ccco4)C(=O)[C@@H]13)C2. The van der Waals surface area contributed by atoms with Crippen molar-refractivity contribution < 1.29 is 13.9 Å². The Hall–Kier alpha value is -2.13. The Morgan fingerprint density at radius 3 is 2.72 bits per heavy atom. The van der Waals surface area contributed by atoms with Crippen LogP contribution in [0.25, 0.3) is 6.08 Å². The van der Waals surface area contributed by atoms with Crippen LogP contribution in [-0.2, 0) is 16.1 Å². The van der Waals surface area contributed by atoms with E-state index in [9.17, 15) is 4.79 Å². The lowest BCUT2D eigenvalue weighted by atomic mass is 9.49. The molecule has 0 radical (unpaired) electrons. The minimum Gasteiger partial charge on any atom is -0.465 e. The van der Waals surface area contributed by atoms with Crippen molar-refractivity contribution in [3.8, 4) is 0 Å². The number of benzene rings is 1. The quantitative estimate of drug-likeness (QED) is 0.596. The molecule has 0 saturated heterocycles. The monoisotopic (exact) mass is 390 g/mol. The fourth-order valence-electron chi connectivity index (χ4n) is 6.76. The highest BCUT2D eigenvalue weighted by atomic mass is 16.5. The molecule has 3 nitrogen and oxygen atoms in total. The summed E-state index contributed by atoms with van der Waals surface area (Å²) in [6.45, 7) is 5.16. The van der Waals surface area contributed by atoms with Gasteiger partial charge in [0.1, 0.15) is 5.76 Å². The van der Waals surface area contributed by atoms with Crippen LogP contribution < -0.4 is 0 Å². The fourth-order valence-corrected chi connectivity index (χ4v) is 6.76. The maximum Gasteiger partial charge on any atom is 0.163 e. The maximum atomic E-state index is 13.7. The summed E-state index contributed by atoms with van der Waals surface area (Å²) >= 11 is 0. The summed E-state index contributed by atoms with van der Waals surface area (Å²) in [4.78, 5) is 13.7. The van der Waals surface area contributed by atoms with E-state index in [0.29, 0.717) is 18.3 Å². The van der Waals surface area contributed by atoms with E-state index < -0.39 is 0 Å². The lowest BCUT2D eigenvalue weighted by Gasteiger charge is -2.55. The molecule has 3 aliphatic carbocycles. The summed E-state index contributed by atoms with van der Waals surface area (Å²) in [7, 11) is 0. The second-order valence-corrected chi connectivity index (χ2v) is 9.89. The van der Waals surface area contributed by atoms with Crippen molar-refractivity contribution in [1.82, 2.24) is 0 Å². The van der Waals surface area contributed by atoms with Gasteiger partial charge in [-0.1, -0.05) is 44.2 Å². The lowest BCUT2D eigenvalue weighted by Crippen LogP contribution is -2.57. The molecule has 5 rings (SSSR count). The fraction of sp³-hybridized carbons (Fsp3) is 0.500. The molecular weight excluding hydrogens is 360 g/mol. The summed E-state index contributed by atoms with van der Waals surface area (Å²) in [5.74, 6) is 1.70. The van der Waals surface area contributed by atoms with Crippen molar-refractivity contribution in [2.45, 2.75) is 58.7 Å². The first-order valence-corrected chi connectivity index (χ1v) is 10.9. The van der Waals surface area contributed by atoms with Gasteiger partial charge < -0.3 is 9.15 Å². The number of furan rings is 1. The van der Waals surface area contributed by atoms with Gasteiger partial charge in [0.15, 0.2) is 5.78 Å². The average Bonchev–Trinajstić information content (AvgIpc) is 3.34. The molecule has 3 heteroatoms. The molecule has 1 spiro atoms. The van der Waals surface area contributed by atoms with Crippen molar-refractivity contribution in [2.75, 3.05) is 0 Å². The van der Waals surface area contributed by atoms with E-state index in [-0.39, 0.29) is 22.9 Å². The zero-order valence-corrected chi connectivity index (χ0v) is 17.4. The first kappa shape index (κ1) is 18.9. The zero-order chi connectivity index (χ0) is 20.1. The highest BCUT2D eigenvalue weighted by Gasteiger charge is 2.64. The number of hydrogen-bond donors (Lipinski definition) is 0. The van der Waals surface area contributed by atoms with E-state index in [1.165, 1.54) is 12.0 Å². The Kier molecular flexibility index (Phi) is 4.54. The van der Waals surface area contributed by atoms with Crippen molar-refractivity contribution >= 4 is 11.9 Å². The van der Waals surface area contributed by atoms with Crippen molar-refractivity contribution in [2.24, 2.45) is 22.7 Å². The Labute approximate surface area is 173 Å². The number of ether oxygens (including phenoxy) is 1. The van der Waals surface area contributed by atoms with Gasteiger partial charge in [-0.15, -0.1) is 0 Å². The van der Waals surface area contributed by atoms with Crippen LogP contribution in [0.4, 0.5) is 0 Å². The van der Waals surface area contributed by atoms with E-state index in [2.05, 4.69) is 38.1 Å². The van der Waals surface area contributed by atoms with Gasteiger partial charge in [-0.2, -0.15) is 0 Å². The molecule has 3 aliphatic rings. The van der Waals surface area contributed by atoms with E-state index in [1.54, 1.807) is 6.26 Å². The second-order valence-electron chi connectivity index (χ2n) is 9.89. The van der Waals surface area contributed by atoms with Crippen LogP contribution in [0, 0.1) is 22.7 Å². The van der Waals surface area contributed by atoms with Crippen LogP contribution >= 0.6 is 0 Å². The third-order valence-corrected chi connectivity index (χ3v) is 7.80. The van der Waals surface area contributed by atoms with Gasteiger partial charge in [0.05, 0.1) is 19.0 Å². The van der Waals surface area contributed by atoms with Crippen molar-refractivity contribution in [1.29, 1.82) is 0 Å². The van der Waals surface area contributed by atoms with Gasteiger partial charge in [0, 0.05) is 11.3 Å². The first-order valence-electron chi connectivity index (χ1n) is 10.9. The molecule has 1 heterocycles. The predicted molar refractivity (Wildman–Crippen MR) is 113 cm³/mol. The molecule has 29 heavy (non-hydrogen) atoms. The maximum absolute atomic E-state index is 13.7. The molecule has 2 aromatic rings. The summed E-state index contributed by atoms with van der Waals surface area (Å²) < 4.78 is 12.0. The summed E-state index contributed by atoms with van der Waals surface area (Å²) in [6.07, 6.45) is 9.22. The highest BCUT2D eigenvalue weighted by molar-refractivity contribution is 6.02. The minimum absolute atomic E-state index is 0.0319. The largest absolute Gasteiger partial charge is 0.465 e. The van der Waals surface area contributed by atoms with E-state index >= 15 is 0 Å². The van der Waals surface area contributed by atoms with E-state index in [1.807, 2.05) is 24.3 Å². The molecular formula is C26H30O3. The molecule has 3 fully saturated rings. The highest BCUT2D eigenvalue weighted by Crippen LogP contribution is 2.66. The van der Waals surface area contributed by atoms with Crippen LogP contribution in [0.1, 0.15) is 57.3 Å². The van der Waals surface area contributed by atoms with Crippen molar-refractivity contribution in [3.05, 3.63) is 65.6 Å².